The van der Waals surface area contributed by atoms with Gasteiger partial charge in [0.1, 0.15) is 5.78 Å². The Bertz CT molecular complexity index is 435. The van der Waals surface area contributed by atoms with Crippen molar-refractivity contribution >= 4 is 21.7 Å². The summed E-state index contributed by atoms with van der Waals surface area (Å²) in [6.07, 6.45) is 0.656. The summed E-state index contributed by atoms with van der Waals surface area (Å²) in [7, 11) is 0. The zero-order valence-electron chi connectivity index (χ0n) is 9.96. The van der Waals surface area contributed by atoms with E-state index in [0.717, 1.165) is 10.0 Å². The summed E-state index contributed by atoms with van der Waals surface area (Å²) in [4.78, 5) is 12.1. The number of ketones is 1. The zero-order chi connectivity index (χ0) is 13.2. The Morgan fingerprint density at radius 1 is 1.28 bits per heavy atom. The molecule has 1 aromatic carbocycles. The van der Waals surface area contributed by atoms with E-state index in [9.17, 15) is 13.6 Å². The molecule has 2 rings (SSSR count). The molecule has 1 aliphatic carbocycles. The molecule has 1 aliphatic rings. The molecule has 4 heteroatoms. The van der Waals surface area contributed by atoms with E-state index in [1.54, 1.807) is 0 Å². The summed E-state index contributed by atoms with van der Waals surface area (Å²) >= 11 is 3.39. The SMILES string of the molecule is O=C(Cc1ccccc1Br)C1CCC(F)(F)CC1. The van der Waals surface area contributed by atoms with Crippen LogP contribution in [0.25, 0.3) is 0 Å². The van der Waals surface area contributed by atoms with Gasteiger partial charge in [-0.1, -0.05) is 34.1 Å². The van der Waals surface area contributed by atoms with Gasteiger partial charge in [-0.25, -0.2) is 8.78 Å². The van der Waals surface area contributed by atoms with Gasteiger partial charge in [0.05, 0.1) is 0 Å². The predicted octanol–water partition coefficient (Wildman–Crippen LogP) is 4.39. The van der Waals surface area contributed by atoms with E-state index in [1.807, 2.05) is 24.3 Å². The van der Waals surface area contributed by atoms with Crippen LogP contribution in [0.5, 0.6) is 0 Å². The van der Waals surface area contributed by atoms with Gasteiger partial charge in [0.15, 0.2) is 0 Å². The smallest absolute Gasteiger partial charge is 0.248 e. The van der Waals surface area contributed by atoms with Gasteiger partial charge in [0.2, 0.25) is 5.92 Å². The van der Waals surface area contributed by atoms with Gasteiger partial charge in [-0.15, -0.1) is 0 Å². The van der Waals surface area contributed by atoms with E-state index >= 15 is 0 Å². The van der Waals surface area contributed by atoms with Crippen molar-refractivity contribution in [2.45, 2.75) is 38.0 Å². The highest BCUT2D eigenvalue weighted by atomic mass is 79.9. The van der Waals surface area contributed by atoms with Gasteiger partial charge in [-0.3, -0.25) is 4.79 Å². The first kappa shape index (κ1) is 13.7. The lowest BCUT2D eigenvalue weighted by atomic mass is 9.82. The van der Waals surface area contributed by atoms with Crippen molar-refractivity contribution in [1.29, 1.82) is 0 Å². The van der Waals surface area contributed by atoms with E-state index in [4.69, 9.17) is 0 Å². The fourth-order valence-electron chi connectivity index (χ4n) is 2.34. The van der Waals surface area contributed by atoms with Crippen molar-refractivity contribution < 1.29 is 13.6 Å². The Morgan fingerprint density at radius 2 is 1.89 bits per heavy atom. The van der Waals surface area contributed by atoms with Crippen LogP contribution in [0.4, 0.5) is 8.78 Å². The van der Waals surface area contributed by atoms with E-state index < -0.39 is 5.92 Å². The van der Waals surface area contributed by atoms with Crippen molar-refractivity contribution in [3.63, 3.8) is 0 Å². The molecular weight excluding hydrogens is 302 g/mol. The number of hydrogen-bond donors (Lipinski definition) is 0. The Hall–Kier alpha value is -0.770. The van der Waals surface area contributed by atoms with Crippen LogP contribution in [0, 0.1) is 5.92 Å². The summed E-state index contributed by atoms with van der Waals surface area (Å²) in [5.74, 6) is -2.68. The number of alkyl halides is 2. The van der Waals surface area contributed by atoms with E-state index in [1.165, 1.54) is 0 Å². The topological polar surface area (TPSA) is 17.1 Å². The first-order valence-corrected chi connectivity index (χ1v) is 6.91. The molecule has 0 amide bonds. The van der Waals surface area contributed by atoms with Crippen molar-refractivity contribution in [1.82, 2.24) is 0 Å². The van der Waals surface area contributed by atoms with E-state index in [2.05, 4.69) is 15.9 Å². The van der Waals surface area contributed by atoms with Crippen molar-refractivity contribution in [2.75, 3.05) is 0 Å². The second-order valence-electron chi connectivity index (χ2n) is 4.86. The van der Waals surface area contributed by atoms with Gasteiger partial charge in [-0.2, -0.15) is 0 Å². The number of rotatable bonds is 3. The summed E-state index contributed by atoms with van der Waals surface area (Å²) in [5, 5.41) is 0. The fraction of sp³-hybridized carbons (Fsp3) is 0.500. The maximum absolute atomic E-state index is 13.0. The summed E-state index contributed by atoms with van der Waals surface area (Å²) in [6.45, 7) is 0. The number of carbonyl (C=O) groups is 1. The lowest BCUT2D eigenvalue weighted by Gasteiger charge is -2.27. The lowest BCUT2D eigenvalue weighted by molar-refractivity contribution is -0.126. The molecular formula is C14H15BrF2O. The highest BCUT2D eigenvalue weighted by Crippen LogP contribution is 2.37. The monoisotopic (exact) mass is 316 g/mol. The fourth-order valence-corrected chi connectivity index (χ4v) is 2.76. The van der Waals surface area contributed by atoms with Crippen LogP contribution in [0.3, 0.4) is 0 Å². The lowest BCUT2D eigenvalue weighted by Crippen LogP contribution is -2.29. The van der Waals surface area contributed by atoms with Gasteiger partial charge in [0.25, 0.3) is 0 Å². The number of Topliss-reactive ketones (excluding diaryl/α,β-unsaturated/α-hetero) is 1. The molecule has 0 spiro atoms. The molecule has 1 saturated carbocycles. The molecule has 0 heterocycles. The molecule has 0 atom stereocenters. The van der Waals surface area contributed by atoms with E-state index in [0.29, 0.717) is 19.3 Å². The van der Waals surface area contributed by atoms with Crippen LogP contribution in [0.2, 0.25) is 0 Å². The first-order valence-electron chi connectivity index (χ1n) is 6.12. The molecule has 1 aromatic rings. The van der Waals surface area contributed by atoms with Crippen LogP contribution in [0.15, 0.2) is 28.7 Å². The average molecular weight is 317 g/mol. The largest absolute Gasteiger partial charge is 0.299 e. The molecule has 0 radical (unpaired) electrons. The minimum atomic E-state index is -2.57. The second kappa shape index (κ2) is 5.47. The average Bonchev–Trinajstić information content (AvgIpc) is 2.32. The molecule has 1 fully saturated rings. The minimum Gasteiger partial charge on any atom is -0.299 e. The summed E-state index contributed by atoms with van der Waals surface area (Å²) in [5.41, 5.74) is 0.930. The number of hydrogen-bond acceptors (Lipinski definition) is 1. The molecule has 98 valence electrons. The molecule has 0 saturated heterocycles. The Morgan fingerprint density at radius 3 is 2.50 bits per heavy atom. The number of benzene rings is 1. The maximum Gasteiger partial charge on any atom is 0.248 e. The standard InChI is InChI=1S/C14H15BrF2O/c15-12-4-2-1-3-11(12)9-13(18)10-5-7-14(16,17)8-6-10/h1-4,10H,5-9H2. The molecule has 0 N–H and O–H groups in total. The quantitative estimate of drug-likeness (QED) is 0.808. The highest BCUT2D eigenvalue weighted by Gasteiger charge is 2.37. The van der Waals surface area contributed by atoms with E-state index in [-0.39, 0.29) is 24.5 Å². The molecule has 1 nitrogen and oxygen atoms in total. The predicted molar refractivity (Wildman–Crippen MR) is 69.8 cm³/mol. The van der Waals surface area contributed by atoms with Crippen LogP contribution < -0.4 is 0 Å². The third kappa shape index (κ3) is 3.37. The number of carbonyl (C=O) groups excluding carboxylic acids is 1. The second-order valence-corrected chi connectivity index (χ2v) is 5.72. The van der Waals surface area contributed by atoms with Gasteiger partial charge >= 0.3 is 0 Å². The molecule has 0 aromatic heterocycles. The van der Waals surface area contributed by atoms with Crippen molar-refractivity contribution in [3.8, 4) is 0 Å². The van der Waals surface area contributed by atoms with Gasteiger partial charge in [0, 0.05) is 29.7 Å². The normalized spacial score (nSPS) is 19.7. The first-order chi connectivity index (χ1) is 8.48. The van der Waals surface area contributed by atoms with Crippen molar-refractivity contribution in [3.05, 3.63) is 34.3 Å². The third-order valence-electron chi connectivity index (χ3n) is 3.49. The van der Waals surface area contributed by atoms with Crippen LogP contribution in [-0.2, 0) is 11.2 Å². The summed E-state index contributed by atoms with van der Waals surface area (Å²) in [6, 6.07) is 7.54. The summed E-state index contributed by atoms with van der Waals surface area (Å²) < 4.78 is 26.9. The van der Waals surface area contributed by atoms with Crippen LogP contribution in [-0.4, -0.2) is 11.7 Å². The molecule has 0 bridgehead atoms. The molecule has 0 aliphatic heterocycles. The minimum absolute atomic E-state index is 0.0809. The maximum atomic E-state index is 13.0. The van der Waals surface area contributed by atoms with Gasteiger partial charge < -0.3 is 0 Å². The van der Waals surface area contributed by atoms with Crippen LogP contribution in [0.1, 0.15) is 31.2 Å². The highest BCUT2D eigenvalue weighted by molar-refractivity contribution is 9.10. The van der Waals surface area contributed by atoms with Crippen LogP contribution >= 0.6 is 15.9 Å². The zero-order valence-corrected chi connectivity index (χ0v) is 11.6. The Kier molecular flexibility index (Phi) is 4.15. The van der Waals surface area contributed by atoms with Crippen molar-refractivity contribution in [2.24, 2.45) is 5.92 Å². The number of halogens is 3. The Labute approximate surface area is 114 Å². The Balaban J connectivity index is 1.95. The third-order valence-corrected chi connectivity index (χ3v) is 4.27. The molecule has 0 unspecified atom stereocenters. The van der Waals surface area contributed by atoms with Gasteiger partial charge in [-0.05, 0) is 24.5 Å². The molecule has 18 heavy (non-hydrogen) atoms.